The van der Waals surface area contributed by atoms with Crippen LogP contribution in [0.25, 0.3) is 0 Å². The largest absolute Gasteiger partial charge is 0.358 e. The molecule has 0 fully saturated rings. The van der Waals surface area contributed by atoms with Gasteiger partial charge in [-0.25, -0.2) is 0 Å². The van der Waals surface area contributed by atoms with Crippen molar-refractivity contribution in [3.63, 3.8) is 0 Å². The Bertz CT molecular complexity index is 319. The Morgan fingerprint density at radius 3 is 2.33 bits per heavy atom. The predicted octanol–water partition coefficient (Wildman–Crippen LogP) is 0.865. The Kier molecular flexibility index (Phi) is 4.31. The van der Waals surface area contributed by atoms with E-state index in [0.29, 0.717) is 6.42 Å². The first-order valence-corrected chi connectivity index (χ1v) is 5.22. The summed E-state index contributed by atoms with van der Waals surface area (Å²) in [5.74, 6) is -0.116. The van der Waals surface area contributed by atoms with Gasteiger partial charge in [-0.15, -0.1) is 0 Å². The van der Waals surface area contributed by atoms with Gasteiger partial charge in [-0.1, -0.05) is 31.2 Å². The number of carbonyl (C=O) groups is 1. The molecule has 0 spiro atoms. The van der Waals surface area contributed by atoms with Crippen LogP contribution in [-0.2, 0) is 17.6 Å². The van der Waals surface area contributed by atoms with Crippen molar-refractivity contribution >= 4 is 5.91 Å². The zero-order chi connectivity index (χ0) is 11.3. The van der Waals surface area contributed by atoms with Gasteiger partial charge in [0.05, 0.1) is 6.04 Å². The fraction of sp³-hybridized carbons (Fsp3) is 0.417. The molecule has 1 aromatic rings. The van der Waals surface area contributed by atoms with Crippen LogP contribution in [0.1, 0.15) is 18.1 Å². The minimum Gasteiger partial charge on any atom is -0.358 e. The topological polar surface area (TPSA) is 55.1 Å². The van der Waals surface area contributed by atoms with Gasteiger partial charge in [-0.3, -0.25) is 4.79 Å². The quantitative estimate of drug-likeness (QED) is 0.768. The molecule has 15 heavy (non-hydrogen) atoms. The summed E-state index contributed by atoms with van der Waals surface area (Å²) in [5.41, 5.74) is 8.12. The third kappa shape index (κ3) is 3.36. The lowest BCUT2D eigenvalue weighted by atomic mass is 10.0. The van der Waals surface area contributed by atoms with Crippen molar-refractivity contribution < 1.29 is 4.79 Å². The molecule has 0 aliphatic carbocycles. The standard InChI is InChI=1S/C12H18N2O/c1-3-9-4-6-10(7-5-9)8-11(13)12(15)14-2/h4-7,11H,3,8,13H2,1-2H3,(H,14,15)/t11-/m0/s1. The number of likely N-dealkylation sites (N-methyl/N-ethyl adjacent to an activating group) is 1. The summed E-state index contributed by atoms with van der Waals surface area (Å²) in [7, 11) is 1.60. The maximum absolute atomic E-state index is 11.2. The highest BCUT2D eigenvalue weighted by Crippen LogP contribution is 2.06. The summed E-state index contributed by atoms with van der Waals surface area (Å²) >= 11 is 0. The fourth-order valence-electron chi connectivity index (χ4n) is 1.44. The number of aryl methyl sites for hydroxylation is 1. The van der Waals surface area contributed by atoms with E-state index in [0.717, 1.165) is 12.0 Å². The number of nitrogens with one attached hydrogen (secondary N) is 1. The molecular formula is C12H18N2O. The van der Waals surface area contributed by atoms with E-state index in [-0.39, 0.29) is 5.91 Å². The molecule has 1 rings (SSSR count). The van der Waals surface area contributed by atoms with Crippen molar-refractivity contribution in [2.75, 3.05) is 7.05 Å². The van der Waals surface area contributed by atoms with E-state index >= 15 is 0 Å². The minimum absolute atomic E-state index is 0.116. The van der Waals surface area contributed by atoms with Crippen LogP contribution >= 0.6 is 0 Å². The van der Waals surface area contributed by atoms with Gasteiger partial charge in [0.2, 0.25) is 5.91 Å². The van der Waals surface area contributed by atoms with Crippen LogP contribution in [0.5, 0.6) is 0 Å². The van der Waals surface area contributed by atoms with Gasteiger partial charge < -0.3 is 11.1 Å². The number of rotatable bonds is 4. The minimum atomic E-state index is -0.456. The molecule has 0 aromatic heterocycles. The average molecular weight is 206 g/mol. The summed E-state index contributed by atoms with van der Waals surface area (Å²) in [6.07, 6.45) is 1.62. The predicted molar refractivity (Wildman–Crippen MR) is 61.6 cm³/mol. The molecule has 1 amide bonds. The number of amides is 1. The molecule has 82 valence electrons. The maximum Gasteiger partial charge on any atom is 0.237 e. The van der Waals surface area contributed by atoms with Crippen LogP contribution in [0.3, 0.4) is 0 Å². The smallest absolute Gasteiger partial charge is 0.237 e. The van der Waals surface area contributed by atoms with E-state index in [1.807, 2.05) is 12.1 Å². The van der Waals surface area contributed by atoms with Gasteiger partial charge in [0.1, 0.15) is 0 Å². The van der Waals surface area contributed by atoms with E-state index in [9.17, 15) is 4.79 Å². The number of benzene rings is 1. The second-order valence-corrected chi connectivity index (χ2v) is 3.59. The van der Waals surface area contributed by atoms with E-state index < -0.39 is 6.04 Å². The highest BCUT2D eigenvalue weighted by molar-refractivity contribution is 5.81. The van der Waals surface area contributed by atoms with Gasteiger partial charge in [0.25, 0.3) is 0 Å². The van der Waals surface area contributed by atoms with Crippen molar-refractivity contribution in [3.05, 3.63) is 35.4 Å². The monoisotopic (exact) mass is 206 g/mol. The summed E-state index contributed by atoms with van der Waals surface area (Å²) in [4.78, 5) is 11.2. The summed E-state index contributed by atoms with van der Waals surface area (Å²) in [6, 6.07) is 7.75. The second-order valence-electron chi connectivity index (χ2n) is 3.59. The van der Waals surface area contributed by atoms with Crippen molar-refractivity contribution in [2.45, 2.75) is 25.8 Å². The van der Waals surface area contributed by atoms with Crippen LogP contribution in [-0.4, -0.2) is 19.0 Å². The van der Waals surface area contributed by atoms with Gasteiger partial charge in [-0.05, 0) is 24.0 Å². The Morgan fingerprint density at radius 2 is 1.87 bits per heavy atom. The number of carbonyl (C=O) groups excluding carboxylic acids is 1. The Hall–Kier alpha value is -1.35. The molecule has 0 radical (unpaired) electrons. The molecule has 0 saturated heterocycles. The van der Waals surface area contributed by atoms with Gasteiger partial charge in [0.15, 0.2) is 0 Å². The Morgan fingerprint density at radius 1 is 1.33 bits per heavy atom. The van der Waals surface area contributed by atoms with Crippen LogP contribution in [0, 0.1) is 0 Å². The van der Waals surface area contributed by atoms with E-state index in [2.05, 4.69) is 24.4 Å². The lowest BCUT2D eigenvalue weighted by Crippen LogP contribution is -2.40. The maximum atomic E-state index is 11.2. The highest BCUT2D eigenvalue weighted by Gasteiger charge is 2.11. The number of hydrogen-bond donors (Lipinski definition) is 2. The molecule has 1 aromatic carbocycles. The number of nitrogens with two attached hydrogens (primary N) is 1. The molecule has 3 N–H and O–H groups in total. The summed E-state index contributed by atoms with van der Waals surface area (Å²) in [5, 5.41) is 2.54. The zero-order valence-electron chi connectivity index (χ0n) is 9.29. The van der Waals surface area contributed by atoms with Crippen LogP contribution < -0.4 is 11.1 Å². The first-order chi connectivity index (χ1) is 7.17. The number of hydrogen-bond acceptors (Lipinski definition) is 2. The van der Waals surface area contributed by atoms with Gasteiger partial charge in [-0.2, -0.15) is 0 Å². The van der Waals surface area contributed by atoms with Gasteiger partial charge in [0, 0.05) is 7.05 Å². The molecule has 0 heterocycles. The van der Waals surface area contributed by atoms with E-state index in [1.165, 1.54) is 5.56 Å². The van der Waals surface area contributed by atoms with Crippen LogP contribution in [0.2, 0.25) is 0 Å². The Labute approximate surface area is 90.7 Å². The van der Waals surface area contributed by atoms with Crippen LogP contribution in [0.4, 0.5) is 0 Å². The molecular weight excluding hydrogens is 188 g/mol. The molecule has 0 aliphatic heterocycles. The van der Waals surface area contributed by atoms with Crippen molar-refractivity contribution in [1.82, 2.24) is 5.32 Å². The second kappa shape index (κ2) is 5.51. The van der Waals surface area contributed by atoms with Crippen molar-refractivity contribution in [3.8, 4) is 0 Å². The normalized spacial score (nSPS) is 12.2. The Balaban J connectivity index is 2.60. The van der Waals surface area contributed by atoms with Crippen LogP contribution in [0.15, 0.2) is 24.3 Å². The fourth-order valence-corrected chi connectivity index (χ4v) is 1.44. The van der Waals surface area contributed by atoms with Crippen molar-refractivity contribution in [1.29, 1.82) is 0 Å². The SMILES string of the molecule is CCc1ccc(C[C@H](N)C(=O)NC)cc1. The van der Waals surface area contributed by atoms with E-state index in [4.69, 9.17) is 5.73 Å². The molecule has 1 atom stereocenters. The van der Waals surface area contributed by atoms with E-state index in [1.54, 1.807) is 7.05 Å². The first kappa shape index (κ1) is 11.7. The van der Waals surface area contributed by atoms with Crippen molar-refractivity contribution in [2.24, 2.45) is 5.73 Å². The molecule has 0 bridgehead atoms. The molecule has 0 aliphatic rings. The average Bonchev–Trinajstić information content (AvgIpc) is 2.29. The first-order valence-electron chi connectivity index (χ1n) is 5.22. The third-order valence-corrected chi connectivity index (χ3v) is 2.47. The lowest BCUT2D eigenvalue weighted by molar-refractivity contribution is -0.121. The molecule has 0 saturated carbocycles. The highest BCUT2D eigenvalue weighted by atomic mass is 16.2. The third-order valence-electron chi connectivity index (χ3n) is 2.47. The molecule has 3 heteroatoms. The molecule has 3 nitrogen and oxygen atoms in total. The zero-order valence-corrected chi connectivity index (χ0v) is 9.29. The lowest BCUT2D eigenvalue weighted by Gasteiger charge is -2.10. The van der Waals surface area contributed by atoms with Gasteiger partial charge >= 0.3 is 0 Å². The summed E-state index contributed by atoms with van der Waals surface area (Å²) in [6.45, 7) is 2.12. The molecule has 0 unspecified atom stereocenters. The summed E-state index contributed by atoms with van der Waals surface area (Å²) < 4.78 is 0.